The van der Waals surface area contributed by atoms with Crippen LogP contribution >= 0.6 is 0 Å². The van der Waals surface area contributed by atoms with Gasteiger partial charge in [-0.05, 0) is 326 Å². The predicted molar refractivity (Wildman–Crippen MR) is 535 cm³/mol. The Bertz CT molecular complexity index is 6680. The number of fused-ring (bicyclic) bond motifs is 6. The van der Waals surface area contributed by atoms with Crippen molar-refractivity contribution in [1.29, 1.82) is 0 Å². The zero-order valence-electron chi connectivity index (χ0n) is 76.0. The summed E-state index contributed by atoms with van der Waals surface area (Å²) in [5.74, 6) is 6.88. The van der Waals surface area contributed by atoms with Gasteiger partial charge < -0.3 is 86.5 Å². The number of hydrogen-bond donors (Lipinski definition) is 6. The first kappa shape index (κ1) is 108. The summed E-state index contributed by atoms with van der Waals surface area (Å²) in [7, 11) is -5.15. The second-order valence-corrected chi connectivity index (χ2v) is 32.3. The van der Waals surface area contributed by atoms with Crippen LogP contribution in [0.2, 0.25) is 0 Å². The van der Waals surface area contributed by atoms with Gasteiger partial charge in [-0.1, -0.05) is 61.4 Å². The largest absolute Gasteiger partial charge is 0.492 e. The molecule has 0 atom stereocenters. The Labute approximate surface area is 804 Å². The Morgan fingerprint density at radius 1 is 0.263 bits per heavy atom. The fraction of sp³-hybridized carbons (Fsp3) is 0.287. The monoisotopic (exact) mass is 1840 g/mol. The first-order valence-electron chi connectivity index (χ1n) is 41.8. The molecule has 30 nitrogen and oxygen atoms in total. The Balaban J connectivity index is 0.000000200. The summed E-state index contributed by atoms with van der Waals surface area (Å²) in [5, 5.41) is 58.4. The summed E-state index contributed by atoms with van der Waals surface area (Å²) in [6.45, 7) is 78.5. The van der Waals surface area contributed by atoms with E-state index in [1.165, 1.54) is 0 Å². The van der Waals surface area contributed by atoms with Gasteiger partial charge in [0.15, 0.2) is 0 Å². The standard InChI is InChI=1S/6C16H15BN2O3.5CH4/c1-9-5-13-12(8-21-17(13)20)7-14(9)22-15-6-10(2)16(18-4)11(3)19-15;1-9-5-13-12(8-21-17(13)20)7-15(9)22-16-10(2)6-14(18-4)11(3)19-16;1-9-5-13(7-12-8-21-17(20)15(9)12)22-14-6-10(2)16(18-4)11(3)19-14;1-9-5-13(7-12-8-21-17(20)15(9)12)22-16-10(2)6-14(18-4)11(3)19-16;1-9-7-14(18-4)11(3)19-16(9)22-15-6-5-13-12(10(15)2)8-21-17(13)20;1-9-7-15(19-11(3)16(9)18-4)22-14-6-5-13-12(10(14)2)8-21-17(13)20;;;;;/h6*5-7,20H,8H2,1-3H3;5*1H4. The third-order valence-corrected chi connectivity index (χ3v) is 22.8. The summed E-state index contributed by atoms with van der Waals surface area (Å²) < 4.78 is 66.7. The van der Waals surface area contributed by atoms with E-state index >= 15 is 0 Å². The van der Waals surface area contributed by atoms with Crippen molar-refractivity contribution in [2.75, 3.05) is 0 Å². The van der Waals surface area contributed by atoms with Gasteiger partial charge in [0.2, 0.25) is 69.4 Å². The molecule has 0 saturated carbocycles. The van der Waals surface area contributed by atoms with Crippen molar-refractivity contribution in [1.82, 2.24) is 29.9 Å². The van der Waals surface area contributed by atoms with Crippen LogP contribution in [0, 0.1) is 164 Å². The molecule has 12 heterocycles. The highest BCUT2D eigenvalue weighted by molar-refractivity contribution is 6.64. The van der Waals surface area contributed by atoms with E-state index in [1.54, 1.807) is 84.0 Å². The highest BCUT2D eigenvalue weighted by atomic mass is 16.6. The number of rotatable bonds is 12. The Morgan fingerprint density at radius 2 is 0.562 bits per heavy atom. The maximum Gasteiger partial charge on any atom is 0.492 e. The summed E-state index contributed by atoms with van der Waals surface area (Å²) in [6.07, 6.45) is 0. The van der Waals surface area contributed by atoms with Crippen molar-refractivity contribution < 1.29 is 86.5 Å². The van der Waals surface area contributed by atoms with Gasteiger partial charge in [0.25, 0.3) is 0 Å². The fourth-order valence-corrected chi connectivity index (χ4v) is 15.6. The van der Waals surface area contributed by atoms with E-state index in [0.29, 0.717) is 178 Å². The number of aryl methyl sites for hydroxylation is 16. The van der Waals surface area contributed by atoms with Crippen LogP contribution in [0.4, 0.5) is 34.1 Å². The minimum absolute atomic E-state index is 0. The summed E-state index contributed by atoms with van der Waals surface area (Å²) >= 11 is 0. The lowest BCUT2D eigenvalue weighted by atomic mass is 9.76. The van der Waals surface area contributed by atoms with Gasteiger partial charge in [-0.25, -0.2) is 59.0 Å². The van der Waals surface area contributed by atoms with Crippen LogP contribution in [0.3, 0.4) is 0 Å². The van der Waals surface area contributed by atoms with E-state index < -0.39 is 42.7 Å². The minimum atomic E-state index is -0.859. The molecule has 6 aliphatic rings. The number of benzene rings is 6. The molecule has 0 aliphatic carbocycles. The van der Waals surface area contributed by atoms with Gasteiger partial charge in [0, 0.05) is 50.9 Å². The Hall–Kier alpha value is -14.1. The molecule has 0 saturated heterocycles. The van der Waals surface area contributed by atoms with Gasteiger partial charge in [-0.2, -0.15) is 0 Å². The molecule has 0 spiro atoms. The lowest BCUT2D eigenvalue weighted by molar-refractivity contribution is 0.274. The van der Waals surface area contributed by atoms with E-state index in [2.05, 4.69) is 59.0 Å². The number of nitrogens with zero attached hydrogens (tertiary/aromatic N) is 12. The van der Waals surface area contributed by atoms with Crippen molar-refractivity contribution in [3.05, 3.63) is 312 Å². The molecule has 18 rings (SSSR count). The lowest BCUT2D eigenvalue weighted by Crippen LogP contribution is -2.30. The molecule has 0 bridgehead atoms. The smallest absolute Gasteiger partial charge is 0.439 e. The molecule has 0 unspecified atom stereocenters. The molecule has 700 valence electrons. The van der Waals surface area contributed by atoms with Crippen LogP contribution in [0.25, 0.3) is 29.1 Å². The second-order valence-electron chi connectivity index (χ2n) is 32.3. The third kappa shape index (κ3) is 24.0. The van der Waals surface area contributed by atoms with Crippen LogP contribution < -0.4 is 61.2 Å². The van der Waals surface area contributed by atoms with Crippen LogP contribution in [0.15, 0.2) is 109 Å². The number of pyridine rings is 6. The highest BCUT2D eigenvalue weighted by Crippen LogP contribution is 2.40. The molecule has 6 aromatic carbocycles. The fourth-order valence-electron chi connectivity index (χ4n) is 15.6. The van der Waals surface area contributed by atoms with Gasteiger partial charge in [-0.3, -0.25) is 0 Å². The van der Waals surface area contributed by atoms with Crippen molar-refractivity contribution >= 4 is 110 Å². The highest BCUT2D eigenvalue weighted by Gasteiger charge is 2.36. The van der Waals surface area contributed by atoms with E-state index in [9.17, 15) is 30.1 Å². The van der Waals surface area contributed by atoms with Crippen molar-refractivity contribution in [3.8, 4) is 69.8 Å². The van der Waals surface area contributed by atoms with E-state index in [-0.39, 0.29) is 37.1 Å². The number of hydrogen-bond acceptors (Lipinski definition) is 24. The quantitative estimate of drug-likeness (QED) is 0.0489. The molecule has 0 amide bonds. The zero-order valence-corrected chi connectivity index (χ0v) is 76.0. The van der Waals surface area contributed by atoms with Gasteiger partial charge in [-0.15, -0.1) is 0 Å². The lowest BCUT2D eigenvalue weighted by Gasteiger charge is -2.13. The summed E-state index contributed by atoms with van der Waals surface area (Å²) in [5.41, 5.74) is 28.0. The Kier molecular flexibility index (Phi) is 36.7. The van der Waals surface area contributed by atoms with Crippen molar-refractivity contribution in [2.24, 2.45) is 0 Å². The average molecular weight is 1840 g/mol. The molecule has 36 heteroatoms. The normalized spacial score (nSPS) is 12.5. The summed E-state index contributed by atoms with van der Waals surface area (Å²) in [4.78, 5) is 46.8. The molecular weight excluding hydrogens is 1730 g/mol. The third-order valence-electron chi connectivity index (χ3n) is 22.8. The predicted octanol–water partition coefficient (Wildman–Crippen LogP) is 18.6. The molecule has 0 fully saturated rings. The van der Waals surface area contributed by atoms with Crippen molar-refractivity contribution in [2.45, 2.75) is 201 Å². The molecule has 6 aliphatic heterocycles. The topological polar surface area (TPSA) is 336 Å². The van der Waals surface area contributed by atoms with Crippen LogP contribution in [-0.4, -0.2) is 103 Å². The van der Waals surface area contributed by atoms with E-state index in [0.717, 1.165) is 133 Å². The molecule has 0 radical (unpaired) electrons. The summed E-state index contributed by atoms with van der Waals surface area (Å²) in [6, 6.07) is 32.8. The molecule has 137 heavy (non-hydrogen) atoms. The average Bonchev–Trinajstić information content (AvgIpc) is 1.65. The van der Waals surface area contributed by atoms with Crippen LogP contribution in [0.5, 0.6) is 69.8 Å². The Morgan fingerprint density at radius 3 is 0.920 bits per heavy atom. The van der Waals surface area contributed by atoms with Gasteiger partial charge in [0.1, 0.15) is 34.5 Å². The van der Waals surface area contributed by atoms with E-state index in [4.69, 9.17) is 95.8 Å². The first-order valence-corrected chi connectivity index (χ1v) is 41.8. The van der Waals surface area contributed by atoms with Crippen LogP contribution in [0.1, 0.15) is 171 Å². The van der Waals surface area contributed by atoms with Crippen molar-refractivity contribution in [3.63, 3.8) is 0 Å². The van der Waals surface area contributed by atoms with Crippen LogP contribution in [-0.2, 0) is 67.6 Å². The van der Waals surface area contributed by atoms with Gasteiger partial charge in [0.05, 0.1) is 79.1 Å². The zero-order chi connectivity index (χ0) is 95.1. The maximum atomic E-state index is 9.78. The molecule has 6 N–H and O–H groups in total. The SMILES string of the molecule is C.C.C.C.C.[C-]#[N+]c1c(C)cc(Oc2cc(C)c3c(c2)COB3O)nc1C.[C-]#[N+]c1c(C)cc(Oc2cc3c(cc2C)B(O)OC3)nc1C.[C-]#[N+]c1c(C)cc(Oc2ccc3c(c2C)COB3O)nc1C.[C-]#[N+]c1cc(C)c(Oc2cc(C)c3c(c2)COB3O)nc1C.[C-]#[N+]c1cc(C)c(Oc2cc3c(cc2C)B(O)OC3)nc1C.[C-]#[N+]c1cc(C)c(Oc2ccc3c(c2C)COB3O)nc1C. The molecule has 6 aromatic heterocycles. The molecular formula is C101H110B6N12O18. The second kappa shape index (κ2) is 46.4. The molecule has 12 aromatic rings. The first-order chi connectivity index (χ1) is 63.0. The maximum absolute atomic E-state index is 9.78. The van der Waals surface area contributed by atoms with Gasteiger partial charge >= 0.3 is 42.7 Å². The van der Waals surface area contributed by atoms with E-state index in [1.807, 2.05) is 150 Å². The number of ether oxygens (including phenoxy) is 6. The number of aromatic nitrogens is 6. The minimum Gasteiger partial charge on any atom is -0.439 e.